The molecular formula is C45H24N4O3. The number of carbonyl (C=O) groups excluding carboxylic acids is 2. The van der Waals surface area contributed by atoms with Crippen LogP contribution in [-0.2, 0) is 0 Å². The van der Waals surface area contributed by atoms with Gasteiger partial charge < -0.3 is 13.6 Å². The molecule has 0 saturated carbocycles. The van der Waals surface area contributed by atoms with Gasteiger partial charge in [-0.1, -0.05) is 66.7 Å². The van der Waals surface area contributed by atoms with Crippen LogP contribution in [0.2, 0.25) is 0 Å². The van der Waals surface area contributed by atoms with E-state index < -0.39 is 11.8 Å². The van der Waals surface area contributed by atoms with Gasteiger partial charge in [0, 0.05) is 38.0 Å². The normalized spacial score (nSPS) is 13.0. The topological polar surface area (TPSA) is 84.2 Å². The summed E-state index contributed by atoms with van der Waals surface area (Å²) in [7, 11) is 0. The number of amides is 2. The summed E-state index contributed by atoms with van der Waals surface area (Å²) in [6.45, 7) is 0. The van der Waals surface area contributed by atoms with Crippen molar-refractivity contribution >= 4 is 83.1 Å². The Bertz CT molecular complexity index is 3230. The number of benzene rings is 7. The Morgan fingerprint density at radius 2 is 1.04 bits per heavy atom. The van der Waals surface area contributed by atoms with Gasteiger partial charge in [0.1, 0.15) is 17.2 Å². The summed E-state index contributed by atoms with van der Waals surface area (Å²) in [5, 5.41) is 17.0. The molecule has 3 aromatic heterocycles. The largest absolute Gasteiger partial charge is 0.456 e. The molecular weight excluding hydrogens is 645 g/mol. The van der Waals surface area contributed by atoms with Crippen LogP contribution >= 0.6 is 0 Å². The lowest BCUT2D eigenvalue weighted by atomic mass is 10.1. The van der Waals surface area contributed by atoms with Crippen LogP contribution in [-0.4, -0.2) is 20.9 Å². The molecule has 0 N–H and O–H groups in total. The van der Waals surface area contributed by atoms with Crippen molar-refractivity contribution in [3.05, 3.63) is 162 Å². The predicted molar refractivity (Wildman–Crippen MR) is 205 cm³/mol. The number of nitriles is 1. The Morgan fingerprint density at radius 3 is 1.73 bits per heavy atom. The first-order valence-corrected chi connectivity index (χ1v) is 17.0. The van der Waals surface area contributed by atoms with Crippen molar-refractivity contribution in [3.63, 3.8) is 0 Å². The lowest BCUT2D eigenvalue weighted by Crippen LogP contribution is -2.29. The van der Waals surface area contributed by atoms with E-state index >= 15 is 0 Å². The van der Waals surface area contributed by atoms with Gasteiger partial charge in [-0.15, -0.1) is 0 Å². The average Bonchev–Trinajstić information content (AvgIpc) is 3.91. The molecule has 1 aliphatic rings. The Hall–Kier alpha value is -7.43. The highest BCUT2D eigenvalue weighted by atomic mass is 16.3. The maximum absolute atomic E-state index is 13.3. The Morgan fingerprint density at radius 1 is 0.481 bits per heavy atom. The lowest BCUT2D eigenvalue weighted by molar-refractivity contribution is 0.0926. The summed E-state index contributed by atoms with van der Waals surface area (Å²) in [4.78, 5) is 27.8. The SMILES string of the molecule is N#Cc1cc(N2C(=O)c3ccccc3C2=O)ccc1-n1c2ccccc2c2c3c4ccccc4n(-c4ccc5oc6ccccc6c5c4)c3ccc21. The molecule has 0 aliphatic carbocycles. The van der Waals surface area contributed by atoms with Crippen LogP contribution < -0.4 is 4.90 Å². The van der Waals surface area contributed by atoms with Crippen molar-refractivity contribution in [1.29, 1.82) is 5.26 Å². The summed E-state index contributed by atoms with van der Waals surface area (Å²) in [6.07, 6.45) is 0. The van der Waals surface area contributed by atoms with Crippen molar-refractivity contribution in [3.8, 4) is 17.4 Å². The molecule has 0 spiro atoms. The van der Waals surface area contributed by atoms with Gasteiger partial charge >= 0.3 is 0 Å². The Kier molecular flexibility index (Phi) is 5.63. The third-order valence-corrected chi connectivity index (χ3v) is 10.5. The summed E-state index contributed by atoms with van der Waals surface area (Å²) in [5.41, 5.74) is 8.85. The van der Waals surface area contributed by atoms with E-state index in [0.717, 1.165) is 76.1 Å². The molecule has 4 heterocycles. The van der Waals surface area contributed by atoms with E-state index in [2.05, 4.69) is 81.9 Å². The number of hydrogen-bond acceptors (Lipinski definition) is 4. The van der Waals surface area contributed by atoms with Crippen molar-refractivity contribution in [2.75, 3.05) is 4.90 Å². The predicted octanol–water partition coefficient (Wildman–Crippen LogP) is 10.5. The van der Waals surface area contributed by atoms with Gasteiger partial charge in [-0.3, -0.25) is 9.59 Å². The molecule has 52 heavy (non-hydrogen) atoms. The molecule has 0 radical (unpaired) electrons. The number of para-hydroxylation sites is 3. The molecule has 7 heteroatoms. The minimum absolute atomic E-state index is 0.347. The number of furan rings is 1. The summed E-state index contributed by atoms with van der Waals surface area (Å²) in [5.74, 6) is -0.791. The Balaban J connectivity index is 1.16. The smallest absolute Gasteiger partial charge is 0.266 e. The molecule has 242 valence electrons. The highest BCUT2D eigenvalue weighted by molar-refractivity contribution is 6.34. The van der Waals surface area contributed by atoms with Crippen LogP contribution in [0.3, 0.4) is 0 Å². The van der Waals surface area contributed by atoms with Crippen LogP contribution in [0.25, 0.3) is 76.9 Å². The van der Waals surface area contributed by atoms with Gasteiger partial charge in [0.25, 0.3) is 11.8 Å². The molecule has 0 bridgehead atoms. The zero-order valence-corrected chi connectivity index (χ0v) is 27.4. The standard InChI is InChI=1S/C45H24N4O3/c46-25-26-23-27(48-44(50)30-10-1-2-11-31(30)45(48)51)17-19-35(26)49-37-15-7-4-13-33(37)43-39(49)21-20-38-42(43)32-12-3-6-14-36(32)47(38)28-18-22-41-34(24-28)29-9-5-8-16-40(29)52-41/h1-24H. The molecule has 0 fully saturated rings. The van der Waals surface area contributed by atoms with E-state index in [1.807, 2.05) is 42.5 Å². The van der Waals surface area contributed by atoms with E-state index in [9.17, 15) is 14.9 Å². The van der Waals surface area contributed by atoms with Crippen LogP contribution in [0.4, 0.5) is 5.69 Å². The molecule has 0 saturated heterocycles. The van der Waals surface area contributed by atoms with Gasteiger partial charge in [0.05, 0.1) is 50.1 Å². The van der Waals surface area contributed by atoms with Gasteiger partial charge in [-0.05, 0) is 78.9 Å². The van der Waals surface area contributed by atoms with Crippen molar-refractivity contribution in [2.45, 2.75) is 0 Å². The second kappa shape index (κ2) is 10.3. The summed E-state index contributed by atoms with van der Waals surface area (Å²) < 4.78 is 10.6. The van der Waals surface area contributed by atoms with E-state index in [-0.39, 0.29) is 0 Å². The number of anilines is 1. The van der Waals surface area contributed by atoms with Gasteiger partial charge in [-0.25, -0.2) is 4.90 Å². The molecule has 10 aromatic rings. The van der Waals surface area contributed by atoms with Gasteiger partial charge in [-0.2, -0.15) is 5.26 Å². The van der Waals surface area contributed by atoms with Crippen molar-refractivity contribution < 1.29 is 14.0 Å². The molecule has 11 rings (SSSR count). The number of hydrogen-bond donors (Lipinski definition) is 0. The van der Waals surface area contributed by atoms with Crippen LogP contribution in [0.15, 0.2) is 150 Å². The number of rotatable bonds is 3. The molecule has 0 atom stereocenters. The maximum atomic E-state index is 13.3. The van der Waals surface area contributed by atoms with E-state index in [1.165, 1.54) is 0 Å². The molecule has 0 unspecified atom stereocenters. The quantitative estimate of drug-likeness (QED) is 0.175. The second-order valence-electron chi connectivity index (χ2n) is 13.1. The third-order valence-electron chi connectivity index (χ3n) is 10.5. The lowest BCUT2D eigenvalue weighted by Gasteiger charge is -2.17. The minimum atomic E-state index is -0.395. The first-order valence-electron chi connectivity index (χ1n) is 17.0. The zero-order valence-electron chi connectivity index (χ0n) is 27.4. The fourth-order valence-corrected chi connectivity index (χ4v) is 8.28. The minimum Gasteiger partial charge on any atom is -0.456 e. The Labute approximate surface area is 295 Å². The number of carbonyl (C=O) groups is 2. The zero-order chi connectivity index (χ0) is 34.7. The van der Waals surface area contributed by atoms with Gasteiger partial charge in [0.15, 0.2) is 0 Å². The highest BCUT2D eigenvalue weighted by Crippen LogP contribution is 2.43. The van der Waals surface area contributed by atoms with Crippen LogP contribution in [0.5, 0.6) is 0 Å². The molecule has 2 amide bonds. The fourth-order valence-electron chi connectivity index (χ4n) is 8.28. The maximum Gasteiger partial charge on any atom is 0.266 e. The molecule has 7 aromatic carbocycles. The molecule has 1 aliphatic heterocycles. The number of nitrogens with zero attached hydrogens (tertiary/aromatic N) is 4. The highest BCUT2D eigenvalue weighted by Gasteiger charge is 2.36. The van der Waals surface area contributed by atoms with Crippen LogP contribution in [0, 0.1) is 11.3 Å². The first kappa shape index (κ1) is 28.4. The fraction of sp³-hybridized carbons (Fsp3) is 0. The summed E-state index contributed by atoms with van der Waals surface area (Å²) >= 11 is 0. The van der Waals surface area contributed by atoms with E-state index in [1.54, 1.807) is 36.4 Å². The number of aromatic nitrogens is 2. The third kappa shape index (κ3) is 3.67. The first-order chi connectivity index (χ1) is 25.6. The number of imide groups is 1. The molecule has 7 nitrogen and oxygen atoms in total. The van der Waals surface area contributed by atoms with Gasteiger partial charge in [0.2, 0.25) is 0 Å². The second-order valence-corrected chi connectivity index (χ2v) is 13.1. The van der Waals surface area contributed by atoms with E-state index in [4.69, 9.17) is 4.42 Å². The van der Waals surface area contributed by atoms with Crippen LogP contribution in [0.1, 0.15) is 26.3 Å². The summed E-state index contributed by atoms with van der Waals surface area (Å²) in [6, 6.07) is 49.8. The van der Waals surface area contributed by atoms with Crippen molar-refractivity contribution in [2.24, 2.45) is 0 Å². The monoisotopic (exact) mass is 668 g/mol. The van der Waals surface area contributed by atoms with E-state index in [0.29, 0.717) is 28.1 Å². The van der Waals surface area contributed by atoms with Crippen molar-refractivity contribution in [1.82, 2.24) is 9.13 Å². The average molecular weight is 669 g/mol. The number of fused-ring (bicyclic) bond motifs is 11.